The van der Waals surface area contributed by atoms with Gasteiger partial charge < -0.3 is 15.0 Å². The van der Waals surface area contributed by atoms with Gasteiger partial charge in [0.15, 0.2) is 0 Å². The third kappa shape index (κ3) is 2.67. The lowest BCUT2D eigenvalue weighted by Gasteiger charge is -2.25. The lowest BCUT2D eigenvalue weighted by Crippen LogP contribution is -2.24. The van der Waals surface area contributed by atoms with Gasteiger partial charge in [0.25, 0.3) is 0 Å². The number of aromatic nitrogens is 5. The first-order valence-electron chi connectivity index (χ1n) is 7.80. The van der Waals surface area contributed by atoms with Gasteiger partial charge in [-0.05, 0) is 12.5 Å². The van der Waals surface area contributed by atoms with Crippen molar-refractivity contribution in [3.8, 4) is 0 Å². The third-order valence-electron chi connectivity index (χ3n) is 4.03. The van der Waals surface area contributed by atoms with Gasteiger partial charge in [-0.15, -0.1) is 11.8 Å². The predicted molar refractivity (Wildman–Crippen MR) is 95.7 cm³/mol. The Labute approximate surface area is 143 Å². The van der Waals surface area contributed by atoms with Crippen molar-refractivity contribution in [3.05, 3.63) is 42.2 Å². The standard InChI is InChI=1S/C16H18N6OS/c1-11-6-17-15-14(11)16(19-10-18-15)21-3-5-24-13(9-21)12-7-20-22(8-12)2-4-23/h6-10,23H,2-5H2,1H3,(H,17,18,19). The summed E-state index contributed by atoms with van der Waals surface area (Å²) in [7, 11) is 0. The molecule has 0 radical (unpaired) electrons. The Hall–Kier alpha value is -2.32. The van der Waals surface area contributed by atoms with E-state index in [0.717, 1.165) is 45.2 Å². The summed E-state index contributed by atoms with van der Waals surface area (Å²) in [5.74, 6) is 1.91. The lowest BCUT2D eigenvalue weighted by molar-refractivity contribution is 0.269. The summed E-state index contributed by atoms with van der Waals surface area (Å²) in [4.78, 5) is 15.3. The van der Waals surface area contributed by atoms with Crippen molar-refractivity contribution in [2.75, 3.05) is 23.8 Å². The van der Waals surface area contributed by atoms with Gasteiger partial charge in [0.05, 0.1) is 24.7 Å². The van der Waals surface area contributed by atoms with E-state index in [1.807, 2.05) is 30.4 Å². The highest BCUT2D eigenvalue weighted by atomic mass is 32.2. The van der Waals surface area contributed by atoms with Gasteiger partial charge in [-0.1, -0.05) is 0 Å². The van der Waals surface area contributed by atoms with Gasteiger partial charge in [-0.25, -0.2) is 9.97 Å². The van der Waals surface area contributed by atoms with E-state index in [9.17, 15) is 0 Å². The molecule has 124 valence electrons. The highest BCUT2D eigenvalue weighted by Crippen LogP contribution is 2.35. The van der Waals surface area contributed by atoms with E-state index < -0.39 is 0 Å². The topological polar surface area (TPSA) is 82.9 Å². The van der Waals surface area contributed by atoms with Crippen molar-refractivity contribution in [3.63, 3.8) is 0 Å². The molecular formula is C16H18N6OS. The summed E-state index contributed by atoms with van der Waals surface area (Å²) in [5.41, 5.74) is 3.07. The van der Waals surface area contributed by atoms with Gasteiger partial charge in [-0.3, -0.25) is 4.68 Å². The zero-order valence-electron chi connectivity index (χ0n) is 13.3. The molecule has 0 unspecified atom stereocenters. The van der Waals surface area contributed by atoms with Gasteiger partial charge in [0, 0.05) is 41.4 Å². The number of anilines is 1. The van der Waals surface area contributed by atoms with Crippen LogP contribution in [0.2, 0.25) is 0 Å². The fourth-order valence-corrected chi connectivity index (χ4v) is 3.83. The Morgan fingerprint density at radius 2 is 2.29 bits per heavy atom. The molecule has 1 aliphatic heterocycles. The number of aryl methyl sites for hydroxylation is 1. The van der Waals surface area contributed by atoms with Crippen molar-refractivity contribution >= 4 is 33.5 Å². The highest BCUT2D eigenvalue weighted by Gasteiger charge is 2.19. The molecule has 0 fully saturated rings. The minimum absolute atomic E-state index is 0.0884. The van der Waals surface area contributed by atoms with Gasteiger partial charge in [0.1, 0.15) is 17.8 Å². The summed E-state index contributed by atoms with van der Waals surface area (Å²) < 4.78 is 1.76. The van der Waals surface area contributed by atoms with Crippen molar-refractivity contribution in [1.29, 1.82) is 0 Å². The molecule has 0 bridgehead atoms. The number of hydrogen-bond acceptors (Lipinski definition) is 6. The van der Waals surface area contributed by atoms with Gasteiger partial charge in [-0.2, -0.15) is 5.10 Å². The monoisotopic (exact) mass is 342 g/mol. The fourth-order valence-electron chi connectivity index (χ4n) is 2.85. The van der Waals surface area contributed by atoms with Crippen LogP contribution in [0.4, 0.5) is 5.82 Å². The van der Waals surface area contributed by atoms with Crippen LogP contribution in [0.1, 0.15) is 11.1 Å². The molecule has 0 saturated carbocycles. The molecule has 3 aromatic rings. The van der Waals surface area contributed by atoms with E-state index in [1.54, 1.807) is 11.0 Å². The fraction of sp³-hybridized carbons (Fsp3) is 0.312. The summed E-state index contributed by atoms with van der Waals surface area (Å²) in [5, 5.41) is 14.4. The number of nitrogens with one attached hydrogen (secondary N) is 1. The molecule has 8 heteroatoms. The maximum absolute atomic E-state index is 9.03. The largest absolute Gasteiger partial charge is 0.394 e. The average Bonchev–Trinajstić information content (AvgIpc) is 3.23. The van der Waals surface area contributed by atoms with Crippen molar-refractivity contribution in [2.24, 2.45) is 0 Å². The molecule has 2 N–H and O–H groups in total. The van der Waals surface area contributed by atoms with E-state index in [0.29, 0.717) is 6.54 Å². The van der Waals surface area contributed by atoms with E-state index in [-0.39, 0.29) is 6.61 Å². The second-order valence-corrected chi connectivity index (χ2v) is 6.78. The van der Waals surface area contributed by atoms with Crippen LogP contribution in [0.5, 0.6) is 0 Å². The Morgan fingerprint density at radius 1 is 1.38 bits per heavy atom. The van der Waals surface area contributed by atoms with Crippen LogP contribution in [-0.4, -0.2) is 48.7 Å². The first-order valence-corrected chi connectivity index (χ1v) is 8.78. The molecule has 1 aliphatic rings. The molecule has 0 aliphatic carbocycles. The number of thioether (sulfide) groups is 1. The second kappa shape index (κ2) is 6.29. The van der Waals surface area contributed by atoms with E-state index in [1.165, 1.54) is 0 Å². The SMILES string of the molecule is Cc1c[nH]c2ncnc(N3C=C(c4cnn(CCO)c4)SCC3)c12. The van der Waals surface area contributed by atoms with Crippen molar-refractivity contribution in [1.82, 2.24) is 24.7 Å². The molecule has 7 nitrogen and oxygen atoms in total. The smallest absolute Gasteiger partial charge is 0.145 e. The van der Waals surface area contributed by atoms with Crippen molar-refractivity contribution in [2.45, 2.75) is 13.5 Å². The minimum Gasteiger partial charge on any atom is -0.394 e. The Bertz CT molecular complexity index is 899. The number of hydrogen-bond donors (Lipinski definition) is 2. The van der Waals surface area contributed by atoms with Crippen LogP contribution < -0.4 is 4.90 Å². The number of rotatable bonds is 4. The predicted octanol–water partition coefficient (Wildman–Crippen LogP) is 2.01. The molecular weight excluding hydrogens is 324 g/mol. The van der Waals surface area contributed by atoms with Crippen LogP contribution in [0.15, 0.2) is 31.1 Å². The second-order valence-electron chi connectivity index (χ2n) is 5.64. The maximum atomic E-state index is 9.03. The molecule has 0 aromatic carbocycles. The number of aromatic amines is 1. The zero-order valence-corrected chi connectivity index (χ0v) is 14.1. The number of fused-ring (bicyclic) bond motifs is 1. The average molecular weight is 342 g/mol. The Kier molecular flexibility index (Phi) is 3.99. The Balaban J connectivity index is 1.71. The van der Waals surface area contributed by atoms with E-state index in [4.69, 9.17) is 5.11 Å². The zero-order chi connectivity index (χ0) is 16.5. The quantitative estimate of drug-likeness (QED) is 0.755. The normalized spacial score (nSPS) is 15.1. The molecule has 0 amide bonds. The summed E-state index contributed by atoms with van der Waals surface area (Å²) in [6.45, 7) is 3.56. The summed E-state index contributed by atoms with van der Waals surface area (Å²) >= 11 is 1.81. The molecule has 4 heterocycles. The highest BCUT2D eigenvalue weighted by molar-refractivity contribution is 8.08. The number of H-pyrrole nitrogens is 1. The van der Waals surface area contributed by atoms with Crippen LogP contribution in [-0.2, 0) is 6.54 Å². The van der Waals surface area contributed by atoms with Gasteiger partial charge in [0.2, 0.25) is 0 Å². The van der Waals surface area contributed by atoms with E-state index in [2.05, 4.69) is 38.1 Å². The molecule has 4 rings (SSSR count). The third-order valence-corrected chi connectivity index (χ3v) is 5.07. The number of nitrogens with zero attached hydrogens (tertiary/aromatic N) is 5. The van der Waals surface area contributed by atoms with Crippen LogP contribution in [0, 0.1) is 6.92 Å². The van der Waals surface area contributed by atoms with Crippen LogP contribution in [0.3, 0.4) is 0 Å². The minimum atomic E-state index is 0.0884. The molecule has 0 saturated heterocycles. The molecule has 0 atom stereocenters. The molecule has 3 aromatic heterocycles. The van der Waals surface area contributed by atoms with E-state index >= 15 is 0 Å². The summed E-state index contributed by atoms with van der Waals surface area (Å²) in [6, 6.07) is 0. The van der Waals surface area contributed by atoms with Crippen LogP contribution >= 0.6 is 11.8 Å². The molecule has 0 spiro atoms. The van der Waals surface area contributed by atoms with Gasteiger partial charge >= 0.3 is 0 Å². The number of aliphatic hydroxyl groups excluding tert-OH is 1. The van der Waals surface area contributed by atoms with Crippen molar-refractivity contribution < 1.29 is 5.11 Å². The first-order chi connectivity index (χ1) is 11.8. The summed E-state index contributed by atoms with van der Waals surface area (Å²) in [6.07, 6.45) is 9.50. The Morgan fingerprint density at radius 3 is 3.17 bits per heavy atom. The van der Waals surface area contributed by atoms with Crippen LogP contribution in [0.25, 0.3) is 15.9 Å². The molecule has 24 heavy (non-hydrogen) atoms. The maximum Gasteiger partial charge on any atom is 0.145 e. The first kappa shape index (κ1) is 15.2. The number of aliphatic hydroxyl groups is 1. The lowest BCUT2D eigenvalue weighted by atomic mass is 10.2.